The number of rotatable bonds is 8. The summed E-state index contributed by atoms with van der Waals surface area (Å²) in [5.74, 6) is 2.30. The molecular weight excluding hydrogens is 384 g/mol. The van der Waals surface area contributed by atoms with Gasteiger partial charge in [0.15, 0.2) is 5.16 Å². The van der Waals surface area contributed by atoms with Gasteiger partial charge in [0.2, 0.25) is 5.91 Å². The van der Waals surface area contributed by atoms with Crippen molar-refractivity contribution in [2.45, 2.75) is 68.9 Å². The monoisotopic (exact) mass is 414 g/mol. The molecule has 0 saturated heterocycles. The summed E-state index contributed by atoms with van der Waals surface area (Å²) in [6, 6.07) is 10.3. The third-order valence-corrected chi connectivity index (χ3v) is 7.74. The van der Waals surface area contributed by atoms with Gasteiger partial charge in [0.05, 0.1) is 5.25 Å². The van der Waals surface area contributed by atoms with Crippen LogP contribution in [0.3, 0.4) is 0 Å². The summed E-state index contributed by atoms with van der Waals surface area (Å²) < 4.78 is 1.63. The van der Waals surface area contributed by atoms with Crippen molar-refractivity contribution < 1.29 is 4.79 Å². The predicted octanol–water partition coefficient (Wildman–Crippen LogP) is 3.24. The number of carbonyl (C=O) groups excluding carboxylic acids is 1. The Labute approximate surface area is 175 Å². The molecule has 1 amide bonds. The number of thioether (sulfide) groups is 1. The summed E-state index contributed by atoms with van der Waals surface area (Å²) in [5, 5.41) is 10.2. The number of carbonyl (C=O) groups is 1. The van der Waals surface area contributed by atoms with E-state index in [2.05, 4.69) is 22.4 Å². The minimum Gasteiger partial charge on any atom is -0.352 e. The maximum absolute atomic E-state index is 12.8. The fourth-order valence-electron chi connectivity index (χ4n) is 5.04. The first-order valence-corrected chi connectivity index (χ1v) is 11.6. The van der Waals surface area contributed by atoms with Crippen molar-refractivity contribution in [2.24, 2.45) is 17.8 Å². The molecule has 0 unspecified atom stereocenters. The van der Waals surface area contributed by atoms with E-state index in [1.54, 1.807) is 4.57 Å². The van der Waals surface area contributed by atoms with Gasteiger partial charge in [-0.25, -0.2) is 9.89 Å². The lowest BCUT2D eigenvalue weighted by atomic mass is 9.84. The number of fused-ring (bicyclic) bond motifs is 2. The smallest absolute Gasteiger partial charge is 0.343 e. The van der Waals surface area contributed by atoms with Crippen LogP contribution >= 0.6 is 11.8 Å². The van der Waals surface area contributed by atoms with Crippen molar-refractivity contribution in [3.63, 3.8) is 0 Å². The Kier molecular flexibility index (Phi) is 6.13. The number of H-pyrrole nitrogens is 1. The largest absolute Gasteiger partial charge is 0.352 e. The molecule has 1 aromatic carbocycles. The number of amides is 1. The van der Waals surface area contributed by atoms with Crippen molar-refractivity contribution in [1.29, 1.82) is 0 Å². The Morgan fingerprint density at radius 1 is 1.28 bits per heavy atom. The fraction of sp³-hybridized carbons (Fsp3) is 0.591. The lowest BCUT2D eigenvalue weighted by Crippen LogP contribution is -2.43. The van der Waals surface area contributed by atoms with Crippen LogP contribution in [-0.4, -0.2) is 32.0 Å². The second-order valence-corrected chi connectivity index (χ2v) is 9.90. The van der Waals surface area contributed by atoms with Gasteiger partial charge < -0.3 is 5.32 Å². The second-order valence-electron chi connectivity index (χ2n) is 8.59. The lowest BCUT2D eigenvalue weighted by Gasteiger charge is -2.29. The highest BCUT2D eigenvalue weighted by Gasteiger charge is 2.42. The standard InChI is InChI=1S/C22H30N4O2S/c1-14(19-13-17-8-9-18(19)12-17)23-20(27)15(2)29-22-25-24-21(28)26(22)11-10-16-6-4-3-5-7-16/h3-7,14-15,17-19H,8-13H2,1-2H3,(H,23,27)(H,24,28)/t14-,15-,17-,18-,19+/m0/s1. The van der Waals surface area contributed by atoms with Crippen LogP contribution in [-0.2, 0) is 17.8 Å². The molecule has 2 saturated carbocycles. The van der Waals surface area contributed by atoms with E-state index in [0.29, 0.717) is 17.6 Å². The molecule has 4 rings (SSSR count). The Morgan fingerprint density at radius 3 is 2.76 bits per heavy atom. The van der Waals surface area contributed by atoms with Gasteiger partial charge in [-0.1, -0.05) is 48.5 Å². The van der Waals surface area contributed by atoms with E-state index in [9.17, 15) is 9.59 Å². The maximum Gasteiger partial charge on any atom is 0.343 e. The van der Waals surface area contributed by atoms with Gasteiger partial charge in [-0.3, -0.25) is 9.36 Å². The van der Waals surface area contributed by atoms with Gasteiger partial charge >= 0.3 is 5.69 Å². The molecule has 2 aliphatic rings. The van der Waals surface area contributed by atoms with Crippen LogP contribution in [0.25, 0.3) is 0 Å². The molecule has 5 atom stereocenters. The lowest BCUT2D eigenvalue weighted by molar-refractivity contribution is -0.121. The summed E-state index contributed by atoms with van der Waals surface area (Å²) in [6.07, 6.45) is 6.03. The molecule has 2 N–H and O–H groups in total. The average molecular weight is 415 g/mol. The zero-order valence-corrected chi connectivity index (χ0v) is 18.0. The van der Waals surface area contributed by atoms with Crippen molar-refractivity contribution in [3.8, 4) is 0 Å². The molecule has 7 heteroatoms. The first-order valence-electron chi connectivity index (χ1n) is 10.7. The Hall–Kier alpha value is -2.02. The van der Waals surface area contributed by atoms with Gasteiger partial charge in [-0.05, 0) is 62.8 Å². The number of aromatic nitrogens is 3. The van der Waals surface area contributed by atoms with E-state index in [1.165, 1.54) is 43.0 Å². The highest BCUT2D eigenvalue weighted by Crippen LogP contribution is 2.49. The van der Waals surface area contributed by atoms with Crippen LogP contribution in [0, 0.1) is 17.8 Å². The fourth-order valence-corrected chi connectivity index (χ4v) is 5.93. The van der Waals surface area contributed by atoms with Gasteiger partial charge in [-0.2, -0.15) is 0 Å². The van der Waals surface area contributed by atoms with E-state index in [0.717, 1.165) is 18.3 Å². The zero-order valence-electron chi connectivity index (χ0n) is 17.1. The minimum atomic E-state index is -0.304. The quantitative estimate of drug-likeness (QED) is 0.650. The first kappa shape index (κ1) is 20.3. The Morgan fingerprint density at radius 2 is 2.07 bits per heavy atom. The number of aromatic amines is 1. The highest BCUT2D eigenvalue weighted by atomic mass is 32.2. The molecule has 2 bridgehead atoms. The topological polar surface area (TPSA) is 79.8 Å². The maximum atomic E-state index is 12.8. The molecule has 29 heavy (non-hydrogen) atoms. The van der Waals surface area contributed by atoms with E-state index in [-0.39, 0.29) is 22.9 Å². The zero-order chi connectivity index (χ0) is 20.4. The minimum absolute atomic E-state index is 0.0235. The van der Waals surface area contributed by atoms with Crippen LogP contribution in [0.15, 0.2) is 40.3 Å². The molecule has 6 nitrogen and oxygen atoms in total. The second kappa shape index (κ2) is 8.78. The van der Waals surface area contributed by atoms with Gasteiger partial charge in [0.25, 0.3) is 0 Å². The summed E-state index contributed by atoms with van der Waals surface area (Å²) in [4.78, 5) is 24.9. The first-order chi connectivity index (χ1) is 14.0. The van der Waals surface area contributed by atoms with Gasteiger partial charge in [0.1, 0.15) is 0 Å². The van der Waals surface area contributed by atoms with E-state index in [4.69, 9.17) is 0 Å². The van der Waals surface area contributed by atoms with Crippen LogP contribution in [0.5, 0.6) is 0 Å². The SMILES string of the molecule is C[C@H](Sc1n[nH]c(=O)n1CCc1ccccc1)C(=O)N[C@@H](C)[C@H]1C[C@H]2CC[C@H]1C2. The molecule has 2 aromatic rings. The van der Waals surface area contributed by atoms with Gasteiger partial charge in [-0.15, -0.1) is 5.10 Å². The highest BCUT2D eigenvalue weighted by molar-refractivity contribution is 8.00. The molecule has 2 aliphatic carbocycles. The summed E-state index contributed by atoms with van der Waals surface area (Å²) in [6.45, 7) is 4.57. The Bertz CT molecular complexity index is 894. The summed E-state index contributed by atoms with van der Waals surface area (Å²) in [5.41, 5.74) is 0.938. The van der Waals surface area contributed by atoms with Crippen molar-refractivity contribution >= 4 is 17.7 Å². The van der Waals surface area contributed by atoms with E-state index < -0.39 is 0 Å². The van der Waals surface area contributed by atoms with Crippen LogP contribution in [0.4, 0.5) is 0 Å². The number of nitrogens with one attached hydrogen (secondary N) is 2. The van der Waals surface area contributed by atoms with E-state index >= 15 is 0 Å². The molecule has 0 aliphatic heterocycles. The van der Waals surface area contributed by atoms with Crippen molar-refractivity contribution in [2.75, 3.05) is 0 Å². The number of hydrogen-bond acceptors (Lipinski definition) is 4. The Balaban J connectivity index is 1.33. The van der Waals surface area contributed by atoms with Crippen LogP contribution < -0.4 is 11.0 Å². The van der Waals surface area contributed by atoms with Crippen LogP contribution in [0.2, 0.25) is 0 Å². The number of aryl methyl sites for hydroxylation is 1. The van der Waals surface area contributed by atoms with Gasteiger partial charge in [0, 0.05) is 12.6 Å². The third-order valence-electron chi connectivity index (χ3n) is 6.65. The molecule has 1 aromatic heterocycles. The predicted molar refractivity (Wildman–Crippen MR) is 115 cm³/mol. The molecule has 1 heterocycles. The average Bonchev–Trinajstić information content (AvgIpc) is 3.44. The molecule has 2 fully saturated rings. The van der Waals surface area contributed by atoms with Crippen molar-refractivity contribution in [3.05, 3.63) is 46.4 Å². The third kappa shape index (κ3) is 4.60. The molecule has 156 valence electrons. The molecular formula is C22H30N4O2S. The summed E-state index contributed by atoms with van der Waals surface area (Å²) in [7, 11) is 0. The number of nitrogens with zero attached hydrogens (tertiary/aromatic N) is 2. The van der Waals surface area contributed by atoms with Crippen LogP contribution in [0.1, 0.15) is 45.1 Å². The number of benzene rings is 1. The number of hydrogen-bond donors (Lipinski definition) is 2. The summed E-state index contributed by atoms with van der Waals surface area (Å²) >= 11 is 1.34. The van der Waals surface area contributed by atoms with Crippen molar-refractivity contribution in [1.82, 2.24) is 20.1 Å². The molecule has 0 spiro atoms. The normalized spacial score (nSPS) is 25.1. The van der Waals surface area contributed by atoms with E-state index in [1.807, 2.05) is 37.3 Å². The molecule has 0 radical (unpaired) electrons.